The number of nitrogens with zero attached hydrogens (tertiary/aromatic N) is 4. The summed E-state index contributed by atoms with van der Waals surface area (Å²) in [5, 5.41) is 0. The summed E-state index contributed by atoms with van der Waals surface area (Å²) in [7, 11) is 0. The molecule has 0 fully saturated rings. The van der Waals surface area contributed by atoms with Crippen LogP contribution in [0.25, 0.3) is 11.4 Å². The molecule has 0 spiro atoms. The molecule has 7 heteroatoms. The average molecular weight is 400 g/mol. The van der Waals surface area contributed by atoms with Gasteiger partial charge in [0.15, 0.2) is 11.6 Å². The molecule has 2 aliphatic rings. The van der Waals surface area contributed by atoms with E-state index in [0.717, 1.165) is 21.3 Å². The Kier molecular flexibility index (Phi) is 5.10. The Hall–Kier alpha value is -3.87. The summed E-state index contributed by atoms with van der Waals surface area (Å²) in [6.45, 7) is 4.01. The van der Waals surface area contributed by atoms with Gasteiger partial charge in [-0.15, -0.1) is 0 Å². The van der Waals surface area contributed by atoms with Crippen molar-refractivity contribution in [1.82, 2.24) is 19.1 Å². The SMILES string of the molecule is Cc1ccc(C(=O)Cn2cccc3c(=O)n(Cc4cccnc4)c(=O)nc2-3)cc1C. The van der Waals surface area contributed by atoms with Gasteiger partial charge in [0.1, 0.15) is 0 Å². The summed E-state index contributed by atoms with van der Waals surface area (Å²) in [5.74, 6) is 0.0801. The molecule has 1 aromatic heterocycles. The minimum atomic E-state index is -0.657. The smallest absolute Gasteiger partial charge is 0.324 e. The second-order valence-corrected chi connectivity index (χ2v) is 7.24. The molecule has 0 saturated carbocycles. The van der Waals surface area contributed by atoms with Gasteiger partial charge in [-0.25, -0.2) is 4.79 Å². The second kappa shape index (κ2) is 7.87. The molecule has 2 aliphatic heterocycles. The van der Waals surface area contributed by atoms with Crippen LogP contribution in [0.15, 0.2) is 70.6 Å². The van der Waals surface area contributed by atoms with Crippen LogP contribution in [0.2, 0.25) is 0 Å². The van der Waals surface area contributed by atoms with Crippen molar-refractivity contribution in [3.63, 3.8) is 0 Å². The lowest BCUT2D eigenvalue weighted by Gasteiger charge is -2.15. The first kappa shape index (κ1) is 19.4. The monoisotopic (exact) mass is 400 g/mol. The topological polar surface area (TPSA) is 86.9 Å². The third-order valence-electron chi connectivity index (χ3n) is 5.16. The molecule has 0 aliphatic carbocycles. The Morgan fingerprint density at radius 2 is 1.87 bits per heavy atom. The summed E-state index contributed by atoms with van der Waals surface area (Å²) in [4.78, 5) is 46.4. The van der Waals surface area contributed by atoms with Gasteiger partial charge < -0.3 is 4.57 Å². The van der Waals surface area contributed by atoms with Gasteiger partial charge in [-0.2, -0.15) is 4.98 Å². The van der Waals surface area contributed by atoms with Crippen LogP contribution in [0.4, 0.5) is 0 Å². The van der Waals surface area contributed by atoms with E-state index < -0.39 is 11.2 Å². The molecule has 2 aromatic rings. The number of Topliss-reactive ketones (excluding diaryl/α,β-unsaturated/α-hetero) is 1. The first-order chi connectivity index (χ1) is 14.4. The minimum absolute atomic E-state index is 0.0155. The van der Waals surface area contributed by atoms with Crippen LogP contribution in [0.1, 0.15) is 27.0 Å². The molecule has 0 amide bonds. The molecule has 0 N–H and O–H groups in total. The number of pyridine rings is 2. The summed E-state index contributed by atoms with van der Waals surface area (Å²) in [5.41, 5.74) is 2.63. The van der Waals surface area contributed by atoms with E-state index in [1.54, 1.807) is 53.5 Å². The van der Waals surface area contributed by atoms with Gasteiger partial charge in [-0.3, -0.25) is 19.1 Å². The Bertz CT molecular complexity index is 1320. The van der Waals surface area contributed by atoms with Gasteiger partial charge in [0.25, 0.3) is 5.56 Å². The lowest BCUT2D eigenvalue weighted by Crippen LogP contribution is -2.38. The fraction of sp³-hybridized carbons (Fsp3) is 0.174. The third kappa shape index (κ3) is 3.69. The number of aromatic nitrogens is 4. The van der Waals surface area contributed by atoms with E-state index in [-0.39, 0.29) is 30.3 Å². The van der Waals surface area contributed by atoms with Crippen molar-refractivity contribution in [2.45, 2.75) is 26.9 Å². The van der Waals surface area contributed by atoms with Crippen LogP contribution in [0, 0.1) is 13.8 Å². The van der Waals surface area contributed by atoms with Gasteiger partial charge >= 0.3 is 5.69 Å². The largest absolute Gasteiger partial charge is 0.352 e. The number of aryl methyl sites for hydroxylation is 2. The maximum Gasteiger partial charge on any atom is 0.352 e. The second-order valence-electron chi connectivity index (χ2n) is 7.24. The lowest BCUT2D eigenvalue weighted by molar-refractivity contribution is 0.0972. The van der Waals surface area contributed by atoms with E-state index in [1.165, 1.54) is 0 Å². The van der Waals surface area contributed by atoms with Gasteiger partial charge in [0, 0.05) is 24.2 Å². The molecule has 0 radical (unpaired) electrons. The van der Waals surface area contributed by atoms with Crippen LogP contribution in [0.5, 0.6) is 0 Å². The summed E-state index contributed by atoms with van der Waals surface area (Å²) in [6.07, 6.45) is 4.88. The maximum absolute atomic E-state index is 12.9. The predicted molar refractivity (Wildman–Crippen MR) is 113 cm³/mol. The van der Waals surface area contributed by atoms with Crippen molar-refractivity contribution < 1.29 is 4.79 Å². The molecule has 30 heavy (non-hydrogen) atoms. The van der Waals surface area contributed by atoms with Gasteiger partial charge in [-0.1, -0.05) is 18.2 Å². The summed E-state index contributed by atoms with van der Waals surface area (Å²) in [6, 6.07) is 12.4. The normalized spacial score (nSPS) is 11.0. The zero-order valence-electron chi connectivity index (χ0n) is 16.7. The summed E-state index contributed by atoms with van der Waals surface area (Å²) >= 11 is 0. The van der Waals surface area contributed by atoms with E-state index >= 15 is 0 Å². The molecular formula is C23H20N4O3. The van der Waals surface area contributed by atoms with Crippen LogP contribution in [-0.2, 0) is 13.1 Å². The number of carbonyl (C=O) groups excluding carboxylic acids is 1. The number of carbonyl (C=O) groups is 1. The molecule has 150 valence electrons. The lowest BCUT2D eigenvalue weighted by atomic mass is 10.0. The highest BCUT2D eigenvalue weighted by Gasteiger charge is 2.19. The van der Waals surface area contributed by atoms with Gasteiger partial charge in [0.2, 0.25) is 0 Å². The van der Waals surface area contributed by atoms with Crippen molar-refractivity contribution in [2.75, 3.05) is 0 Å². The van der Waals surface area contributed by atoms with Crippen molar-refractivity contribution in [3.8, 4) is 11.4 Å². The predicted octanol–water partition coefficient (Wildman–Crippen LogP) is 2.45. The summed E-state index contributed by atoms with van der Waals surface area (Å²) < 4.78 is 2.62. The van der Waals surface area contributed by atoms with Crippen LogP contribution >= 0.6 is 0 Å². The van der Waals surface area contributed by atoms with Crippen molar-refractivity contribution in [1.29, 1.82) is 0 Å². The molecule has 7 nitrogen and oxygen atoms in total. The van der Waals surface area contributed by atoms with Crippen LogP contribution in [-0.4, -0.2) is 24.9 Å². The van der Waals surface area contributed by atoms with E-state index in [2.05, 4.69) is 9.97 Å². The highest BCUT2D eigenvalue weighted by Crippen LogP contribution is 2.16. The molecule has 0 unspecified atom stereocenters. The average Bonchev–Trinajstić information content (AvgIpc) is 2.74. The molecular weight excluding hydrogens is 380 g/mol. The molecule has 0 bridgehead atoms. The zero-order valence-corrected chi connectivity index (χ0v) is 16.7. The van der Waals surface area contributed by atoms with Crippen molar-refractivity contribution >= 4 is 5.78 Å². The highest BCUT2D eigenvalue weighted by molar-refractivity contribution is 5.96. The third-order valence-corrected chi connectivity index (χ3v) is 5.16. The Morgan fingerprint density at radius 1 is 1.03 bits per heavy atom. The molecule has 4 rings (SSSR count). The standard InChI is InChI=1S/C23H20N4O3/c1-15-7-8-18(11-16(15)2)20(28)14-26-10-4-6-19-21(26)25-23(30)27(22(19)29)13-17-5-3-9-24-12-17/h3-12H,13-14H2,1-2H3. The first-order valence-corrected chi connectivity index (χ1v) is 9.53. The zero-order chi connectivity index (χ0) is 21.3. The first-order valence-electron chi connectivity index (χ1n) is 9.53. The quantitative estimate of drug-likeness (QED) is 0.480. The van der Waals surface area contributed by atoms with Gasteiger partial charge in [-0.05, 0) is 54.8 Å². The number of hydrogen-bond acceptors (Lipinski definition) is 5. The van der Waals surface area contributed by atoms with Crippen LogP contribution in [0.3, 0.4) is 0 Å². The van der Waals surface area contributed by atoms with Crippen molar-refractivity contribution in [3.05, 3.63) is 104 Å². The number of ketones is 1. The molecule has 1 aromatic carbocycles. The maximum atomic E-state index is 12.9. The van der Waals surface area contributed by atoms with E-state index in [4.69, 9.17) is 0 Å². The Morgan fingerprint density at radius 3 is 2.60 bits per heavy atom. The fourth-order valence-electron chi connectivity index (χ4n) is 3.32. The Labute approximate surface area is 172 Å². The number of hydrogen-bond donors (Lipinski definition) is 0. The molecule has 3 heterocycles. The van der Waals surface area contributed by atoms with Crippen molar-refractivity contribution in [2.24, 2.45) is 0 Å². The minimum Gasteiger partial charge on any atom is -0.324 e. The highest BCUT2D eigenvalue weighted by atomic mass is 16.2. The van der Waals surface area contributed by atoms with Gasteiger partial charge in [0.05, 0.1) is 18.7 Å². The Balaban J connectivity index is 1.72. The van der Waals surface area contributed by atoms with Crippen LogP contribution < -0.4 is 11.2 Å². The molecule has 0 saturated heterocycles. The number of rotatable bonds is 5. The van der Waals surface area contributed by atoms with E-state index in [0.29, 0.717) is 5.56 Å². The van der Waals surface area contributed by atoms with E-state index in [1.807, 2.05) is 26.0 Å². The molecule has 0 atom stereocenters. The number of benzene rings is 1. The number of fused-ring (bicyclic) bond motifs is 1. The van der Waals surface area contributed by atoms with E-state index in [9.17, 15) is 14.4 Å². The fourth-order valence-corrected chi connectivity index (χ4v) is 3.32.